The van der Waals surface area contributed by atoms with Crippen molar-refractivity contribution < 1.29 is 4.79 Å². The molecule has 156 valence electrons. The SMILES string of the molecule is O=C(Cc1c[nH]c2ccccc12)N1CCN(c2cc(N3CCCCC3)ncn2)CC1. The molecule has 0 aliphatic carbocycles. The van der Waals surface area contributed by atoms with Crippen LogP contribution >= 0.6 is 0 Å². The largest absolute Gasteiger partial charge is 0.361 e. The number of carbonyl (C=O) groups is 1. The summed E-state index contributed by atoms with van der Waals surface area (Å²) in [6.07, 6.45) is 7.85. The van der Waals surface area contributed by atoms with Crippen LogP contribution in [0.4, 0.5) is 11.6 Å². The zero-order valence-corrected chi connectivity index (χ0v) is 17.3. The molecule has 0 bridgehead atoms. The number of nitrogens with zero attached hydrogens (tertiary/aromatic N) is 5. The predicted octanol–water partition coefficient (Wildman–Crippen LogP) is 2.84. The first-order valence-corrected chi connectivity index (χ1v) is 10.9. The smallest absolute Gasteiger partial charge is 0.227 e. The Bertz CT molecular complexity index is 1020. The van der Waals surface area contributed by atoms with Crippen LogP contribution in [0.3, 0.4) is 0 Å². The number of aromatic nitrogens is 3. The lowest BCUT2D eigenvalue weighted by Gasteiger charge is -2.36. The van der Waals surface area contributed by atoms with E-state index >= 15 is 0 Å². The van der Waals surface area contributed by atoms with E-state index in [4.69, 9.17) is 0 Å². The third kappa shape index (κ3) is 3.84. The second kappa shape index (κ2) is 8.34. The Morgan fingerprint density at radius 2 is 1.60 bits per heavy atom. The molecule has 1 aromatic carbocycles. The Morgan fingerprint density at radius 3 is 2.37 bits per heavy atom. The van der Waals surface area contributed by atoms with Crippen LogP contribution in [0.25, 0.3) is 10.9 Å². The molecule has 2 aliphatic rings. The summed E-state index contributed by atoms with van der Waals surface area (Å²) in [6, 6.07) is 10.2. The number of fused-ring (bicyclic) bond motifs is 1. The highest BCUT2D eigenvalue weighted by Crippen LogP contribution is 2.23. The van der Waals surface area contributed by atoms with E-state index in [1.54, 1.807) is 6.33 Å². The topological polar surface area (TPSA) is 68.4 Å². The molecule has 7 heteroatoms. The highest BCUT2D eigenvalue weighted by Gasteiger charge is 2.23. The van der Waals surface area contributed by atoms with Crippen LogP contribution in [0.5, 0.6) is 0 Å². The van der Waals surface area contributed by atoms with Crippen molar-refractivity contribution in [2.75, 3.05) is 49.1 Å². The van der Waals surface area contributed by atoms with Crippen molar-refractivity contribution in [3.8, 4) is 0 Å². The minimum absolute atomic E-state index is 0.191. The van der Waals surface area contributed by atoms with Crippen molar-refractivity contribution in [3.05, 3.63) is 48.4 Å². The second-order valence-electron chi connectivity index (χ2n) is 8.19. The molecule has 1 N–H and O–H groups in total. The monoisotopic (exact) mass is 404 g/mol. The Morgan fingerprint density at radius 1 is 0.900 bits per heavy atom. The molecule has 2 aliphatic heterocycles. The predicted molar refractivity (Wildman–Crippen MR) is 119 cm³/mol. The molecule has 2 fully saturated rings. The zero-order valence-electron chi connectivity index (χ0n) is 17.3. The Kier molecular flexibility index (Phi) is 5.26. The number of anilines is 2. The number of aromatic amines is 1. The van der Waals surface area contributed by atoms with Crippen LogP contribution in [-0.4, -0.2) is 65.0 Å². The molecule has 30 heavy (non-hydrogen) atoms. The van der Waals surface area contributed by atoms with Crippen LogP contribution in [0.15, 0.2) is 42.9 Å². The number of carbonyl (C=O) groups excluding carboxylic acids is 1. The number of amides is 1. The van der Waals surface area contributed by atoms with Gasteiger partial charge in [0.25, 0.3) is 0 Å². The summed E-state index contributed by atoms with van der Waals surface area (Å²) in [5.41, 5.74) is 2.15. The standard InChI is InChI=1S/C23H28N6O/c30-23(14-18-16-24-20-7-3-2-6-19(18)20)29-12-10-28(11-13-29)22-15-21(25-17-26-22)27-8-4-1-5-9-27/h2-3,6-7,15-17,24H,1,4-5,8-14H2. The minimum Gasteiger partial charge on any atom is -0.361 e. The van der Waals surface area contributed by atoms with E-state index < -0.39 is 0 Å². The summed E-state index contributed by atoms with van der Waals surface area (Å²) in [4.78, 5) is 31.7. The van der Waals surface area contributed by atoms with Gasteiger partial charge < -0.3 is 19.7 Å². The summed E-state index contributed by atoms with van der Waals surface area (Å²) in [5.74, 6) is 2.18. The molecule has 2 saturated heterocycles. The van der Waals surface area contributed by atoms with Gasteiger partial charge in [0, 0.05) is 62.4 Å². The van der Waals surface area contributed by atoms with Gasteiger partial charge in [0.2, 0.25) is 5.91 Å². The van der Waals surface area contributed by atoms with Gasteiger partial charge in [0.15, 0.2) is 0 Å². The maximum Gasteiger partial charge on any atom is 0.227 e. The second-order valence-corrected chi connectivity index (χ2v) is 8.19. The molecule has 2 aromatic heterocycles. The van der Waals surface area contributed by atoms with E-state index in [9.17, 15) is 4.79 Å². The van der Waals surface area contributed by atoms with Gasteiger partial charge in [-0.25, -0.2) is 9.97 Å². The zero-order chi connectivity index (χ0) is 20.3. The summed E-state index contributed by atoms with van der Waals surface area (Å²) in [5, 5.41) is 1.13. The van der Waals surface area contributed by atoms with Crippen LogP contribution in [0.2, 0.25) is 0 Å². The van der Waals surface area contributed by atoms with Crippen molar-refractivity contribution in [2.45, 2.75) is 25.7 Å². The molecule has 1 amide bonds. The van der Waals surface area contributed by atoms with Gasteiger partial charge in [0.05, 0.1) is 6.42 Å². The lowest BCUT2D eigenvalue weighted by atomic mass is 10.1. The third-order valence-corrected chi connectivity index (χ3v) is 6.29. The Balaban J connectivity index is 1.20. The number of benzene rings is 1. The number of piperazine rings is 1. The lowest BCUT2D eigenvalue weighted by molar-refractivity contribution is -0.130. The van der Waals surface area contributed by atoms with E-state index in [1.807, 2.05) is 29.3 Å². The molecule has 5 rings (SSSR count). The summed E-state index contributed by atoms with van der Waals surface area (Å²) in [7, 11) is 0. The molecule has 0 atom stereocenters. The van der Waals surface area contributed by atoms with Crippen LogP contribution in [-0.2, 0) is 11.2 Å². The third-order valence-electron chi connectivity index (χ3n) is 6.29. The highest BCUT2D eigenvalue weighted by molar-refractivity contribution is 5.89. The fourth-order valence-corrected chi connectivity index (χ4v) is 4.54. The Labute approximate surface area is 176 Å². The van der Waals surface area contributed by atoms with Gasteiger partial charge in [-0.1, -0.05) is 18.2 Å². The maximum absolute atomic E-state index is 12.9. The normalized spacial score (nSPS) is 17.5. The van der Waals surface area contributed by atoms with Crippen molar-refractivity contribution in [3.63, 3.8) is 0 Å². The molecule has 4 heterocycles. The first-order chi connectivity index (χ1) is 14.8. The van der Waals surface area contributed by atoms with Crippen LogP contribution in [0, 0.1) is 0 Å². The fourth-order valence-electron chi connectivity index (χ4n) is 4.54. The van der Waals surface area contributed by atoms with E-state index in [0.29, 0.717) is 6.42 Å². The highest BCUT2D eigenvalue weighted by atomic mass is 16.2. The number of H-pyrrole nitrogens is 1. The molecular formula is C23H28N6O. The number of piperidine rings is 1. The van der Waals surface area contributed by atoms with Crippen LogP contribution in [0.1, 0.15) is 24.8 Å². The van der Waals surface area contributed by atoms with Crippen LogP contribution < -0.4 is 9.80 Å². The van der Waals surface area contributed by atoms with Crippen molar-refractivity contribution >= 4 is 28.4 Å². The minimum atomic E-state index is 0.191. The van der Waals surface area contributed by atoms with Gasteiger partial charge in [0.1, 0.15) is 18.0 Å². The van der Waals surface area contributed by atoms with E-state index in [-0.39, 0.29) is 5.91 Å². The van der Waals surface area contributed by atoms with E-state index in [1.165, 1.54) is 19.3 Å². The summed E-state index contributed by atoms with van der Waals surface area (Å²) >= 11 is 0. The molecule has 0 unspecified atom stereocenters. The summed E-state index contributed by atoms with van der Waals surface area (Å²) < 4.78 is 0. The quantitative estimate of drug-likeness (QED) is 0.724. The average Bonchev–Trinajstić information content (AvgIpc) is 3.23. The van der Waals surface area contributed by atoms with Gasteiger partial charge >= 0.3 is 0 Å². The number of rotatable bonds is 4. The van der Waals surface area contributed by atoms with Crippen molar-refractivity contribution in [2.24, 2.45) is 0 Å². The van der Waals surface area contributed by atoms with Gasteiger partial charge in [-0.2, -0.15) is 0 Å². The molecule has 0 saturated carbocycles. The van der Waals surface area contributed by atoms with E-state index in [0.717, 1.165) is 67.4 Å². The first kappa shape index (κ1) is 18.9. The number of nitrogens with one attached hydrogen (secondary N) is 1. The first-order valence-electron chi connectivity index (χ1n) is 10.9. The fraction of sp³-hybridized carbons (Fsp3) is 0.435. The van der Waals surface area contributed by atoms with E-state index in [2.05, 4.69) is 36.9 Å². The number of hydrogen-bond acceptors (Lipinski definition) is 5. The average molecular weight is 405 g/mol. The van der Waals surface area contributed by atoms with Gasteiger partial charge in [-0.05, 0) is 30.9 Å². The molecule has 0 radical (unpaired) electrons. The molecular weight excluding hydrogens is 376 g/mol. The molecule has 0 spiro atoms. The Hall–Kier alpha value is -3.09. The summed E-state index contributed by atoms with van der Waals surface area (Å²) in [6.45, 7) is 5.21. The molecule has 3 aromatic rings. The van der Waals surface area contributed by atoms with Crippen molar-refractivity contribution in [1.82, 2.24) is 19.9 Å². The lowest BCUT2D eigenvalue weighted by Crippen LogP contribution is -2.49. The maximum atomic E-state index is 12.9. The van der Waals surface area contributed by atoms with Crippen molar-refractivity contribution in [1.29, 1.82) is 0 Å². The van der Waals surface area contributed by atoms with Gasteiger partial charge in [-0.15, -0.1) is 0 Å². The number of para-hydroxylation sites is 1. The molecule has 7 nitrogen and oxygen atoms in total. The number of hydrogen-bond donors (Lipinski definition) is 1. The van der Waals surface area contributed by atoms with Gasteiger partial charge in [-0.3, -0.25) is 4.79 Å².